The monoisotopic (exact) mass is 530 g/mol. The zero-order valence-corrected chi connectivity index (χ0v) is 21.5. The van der Waals surface area contributed by atoms with Gasteiger partial charge in [-0.1, -0.05) is 52.2 Å². The van der Waals surface area contributed by atoms with Crippen LogP contribution in [0.3, 0.4) is 0 Å². The van der Waals surface area contributed by atoms with E-state index in [9.17, 15) is 9.59 Å². The van der Waals surface area contributed by atoms with Gasteiger partial charge in [0.2, 0.25) is 22.1 Å². The minimum atomic E-state index is -0.192. The number of rotatable bonds is 7. The van der Waals surface area contributed by atoms with Gasteiger partial charge in [-0.25, -0.2) is 0 Å². The highest BCUT2D eigenvalue weighted by Crippen LogP contribution is 2.35. The molecule has 1 aliphatic carbocycles. The van der Waals surface area contributed by atoms with Gasteiger partial charge in [0, 0.05) is 18.1 Å². The zero-order valence-electron chi connectivity index (χ0n) is 19.9. The van der Waals surface area contributed by atoms with E-state index in [1.165, 1.54) is 54.8 Å². The molecule has 4 aromatic heterocycles. The van der Waals surface area contributed by atoms with Crippen molar-refractivity contribution in [2.45, 2.75) is 64.7 Å². The fraction of sp³-hybridized carbons (Fsp3) is 0.455. The van der Waals surface area contributed by atoms with Crippen LogP contribution >= 0.6 is 22.7 Å². The third-order valence-corrected chi connectivity index (χ3v) is 6.88. The quantitative estimate of drug-likeness (QED) is 0.356. The van der Waals surface area contributed by atoms with Crippen LogP contribution in [0.1, 0.15) is 65.9 Å². The molecule has 5 rings (SSSR count). The molecule has 0 spiro atoms. The molecular weight excluding hydrogens is 504 g/mol. The summed E-state index contributed by atoms with van der Waals surface area (Å²) in [6.45, 7) is 3.63. The molecule has 0 unspecified atom stereocenters. The maximum atomic E-state index is 11.9. The fourth-order valence-electron chi connectivity index (χ4n) is 3.67. The summed E-state index contributed by atoms with van der Waals surface area (Å²) in [6, 6.07) is 3.48. The highest BCUT2D eigenvalue weighted by atomic mass is 32.1. The second-order valence-corrected chi connectivity index (χ2v) is 10.2. The molecule has 0 bridgehead atoms. The van der Waals surface area contributed by atoms with Crippen molar-refractivity contribution in [3.05, 3.63) is 45.6 Å². The van der Waals surface area contributed by atoms with Crippen molar-refractivity contribution in [3.63, 3.8) is 0 Å². The summed E-state index contributed by atoms with van der Waals surface area (Å²) in [6.07, 6.45) is 6.52. The number of hydrogen-bond donors (Lipinski definition) is 2. The number of aromatic nitrogens is 6. The van der Waals surface area contributed by atoms with Crippen molar-refractivity contribution in [2.75, 3.05) is 10.6 Å². The number of aryl methyl sites for hydroxylation is 2. The van der Waals surface area contributed by atoms with Gasteiger partial charge in [-0.15, -0.1) is 20.4 Å². The van der Waals surface area contributed by atoms with Gasteiger partial charge in [0.1, 0.15) is 22.0 Å². The van der Waals surface area contributed by atoms with E-state index >= 15 is 0 Å². The Labute approximate surface area is 214 Å². The van der Waals surface area contributed by atoms with E-state index in [0.29, 0.717) is 27.7 Å². The van der Waals surface area contributed by atoms with Gasteiger partial charge in [-0.2, -0.15) is 0 Å². The summed E-state index contributed by atoms with van der Waals surface area (Å²) in [4.78, 5) is 23.3. The van der Waals surface area contributed by atoms with E-state index in [-0.39, 0.29) is 24.7 Å². The summed E-state index contributed by atoms with van der Waals surface area (Å²) in [5, 5.41) is 30.5. The number of amides is 2. The average Bonchev–Trinajstić information content (AvgIpc) is 3.66. The Morgan fingerprint density at radius 1 is 0.889 bits per heavy atom. The molecule has 1 saturated carbocycles. The van der Waals surface area contributed by atoms with Crippen LogP contribution in [-0.4, -0.2) is 42.5 Å². The lowest BCUT2D eigenvalue weighted by molar-refractivity contribution is -0.116. The maximum absolute atomic E-state index is 11.9. The maximum Gasteiger partial charge on any atom is 0.233 e. The molecule has 2 N–H and O–H groups in total. The van der Waals surface area contributed by atoms with Crippen LogP contribution in [0, 0.1) is 13.8 Å². The third-order valence-electron chi connectivity index (χ3n) is 5.27. The molecule has 0 aliphatic heterocycles. The van der Waals surface area contributed by atoms with Crippen molar-refractivity contribution in [1.82, 2.24) is 30.7 Å². The SMILES string of the molecule is Cc1cc(CC(=O)Nc2nnc(C3CCCCC3)s2)on1.Cc1cc(CC(=O)Nc2nncs2)on1. The second kappa shape index (κ2) is 12.4. The number of anilines is 2. The van der Waals surface area contributed by atoms with Crippen molar-refractivity contribution < 1.29 is 18.6 Å². The van der Waals surface area contributed by atoms with E-state index in [4.69, 9.17) is 9.05 Å². The molecule has 14 heteroatoms. The van der Waals surface area contributed by atoms with E-state index in [1.807, 2.05) is 6.92 Å². The molecule has 1 fully saturated rings. The Bertz CT molecular complexity index is 1260. The van der Waals surface area contributed by atoms with Gasteiger partial charge < -0.3 is 19.7 Å². The lowest BCUT2D eigenvalue weighted by atomic mass is 9.90. The summed E-state index contributed by atoms with van der Waals surface area (Å²) in [5.41, 5.74) is 3.08. The number of carbonyl (C=O) groups excluding carboxylic acids is 2. The topological polar surface area (TPSA) is 162 Å². The van der Waals surface area contributed by atoms with E-state index in [0.717, 1.165) is 16.4 Å². The first-order valence-corrected chi connectivity index (χ1v) is 13.2. The van der Waals surface area contributed by atoms with Crippen molar-refractivity contribution in [1.29, 1.82) is 0 Å². The molecule has 0 radical (unpaired) electrons. The summed E-state index contributed by atoms with van der Waals surface area (Å²) < 4.78 is 9.94. The number of nitrogens with one attached hydrogen (secondary N) is 2. The van der Waals surface area contributed by atoms with Gasteiger partial charge in [-0.3, -0.25) is 9.59 Å². The molecule has 0 atom stereocenters. The molecule has 4 heterocycles. The summed E-state index contributed by atoms with van der Waals surface area (Å²) >= 11 is 2.75. The molecule has 0 saturated heterocycles. The molecule has 0 aromatic carbocycles. The van der Waals surface area contributed by atoms with Crippen LogP contribution in [0.5, 0.6) is 0 Å². The highest BCUT2D eigenvalue weighted by molar-refractivity contribution is 7.15. The average molecular weight is 531 g/mol. The Morgan fingerprint density at radius 2 is 1.50 bits per heavy atom. The smallest absolute Gasteiger partial charge is 0.233 e. The van der Waals surface area contributed by atoms with Crippen molar-refractivity contribution in [2.24, 2.45) is 0 Å². The molecule has 12 nitrogen and oxygen atoms in total. The predicted molar refractivity (Wildman–Crippen MR) is 133 cm³/mol. The van der Waals surface area contributed by atoms with Crippen LogP contribution in [-0.2, 0) is 22.4 Å². The van der Waals surface area contributed by atoms with E-state index in [2.05, 4.69) is 41.3 Å². The van der Waals surface area contributed by atoms with Crippen molar-refractivity contribution in [3.8, 4) is 0 Å². The normalized spacial score (nSPS) is 13.6. The molecule has 1 aliphatic rings. The van der Waals surface area contributed by atoms with Gasteiger partial charge >= 0.3 is 0 Å². The Hall–Kier alpha value is -3.52. The van der Waals surface area contributed by atoms with Gasteiger partial charge in [0.25, 0.3) is 0 Å². The lowest BCUT2D eigenvalue weighted by Crippen LogP contribution is -2.13. The van der Waals surface area contributed by atoms with Crippen molar-refractivity contribution >= 4 is 44.8 Å². The number of nitrogens with zero attached hydrogens (tertiary/aromatic N) is 6. The minimum absolute atomic E-state index is 0.153. The zero-order chi connectivity index (χ0) is 25.3. The van der Waals surface area contributed by atoms with Gasteiger partial charge in [-0.05, 0) is 26.7 Å². The van der Waals surface area contributed by atoms with Crippen LogP contribution in [0.15, 0.2) is 26.7 Å². The predicted octanol–water partition coefficient (Wildman–Crippen LogP) is 4.08. The largest absolute Gasteiger partial charge is 0.361 e. The van der Waals surface area contributed by atoms with E-state index in [1.54, 1.807) is 24.6 Å². The molecular formula is C22H26N8O4S2. The first kappa shape index (κ1) is 25.6. The molecule has 2 amide bonds. The van der Waals surface area contributed by atoms with Crippen LogP contribution in [0.25, 0.3) is 0 Å². The Kier molecular flexibility index (Phi) is 8.84. The molecule has 190 valence electrons. The molecule has 4 aromatic rings. The number of hydrogen-bond acceptors (Lipinski definition) is 12. The van der Waals surface area contributed by atoms with Crippen LogP contribution < -0.4 is 10.6 Å². The second-order valence-electron chi connectivity index (χ2n) is 8.34. The van der Waals surface area contributed by atoms with Crippen LogP contribution in [0.2, 0.25) is 0 Å². The minimum Gasteiger partial charge on any atom is -0.361 e. The highest BCUT2D eigenvalue weighted by Gasteiger charge is 2.20. The lowest BCUT2D eigenvalue weighted by Gasteiger charge is -2.18. The molecule has 36 heavy (non-hydrogen) atoms. The Balaban J connectivity index is 0.000000179. The Morgan fingerprint density at radius 3 is 2.03 bits per heavy atom. The standard InChI is InChI=1S/C14H18N4O2S.C8H8N4O2S/c1-9-7-11(20-18-9)8-12(19)15-14-17-16-13(21-14)10-5-3-2-4-6-10;1-5-2-6(14-12-5)3-7(13)10-8-11-9-4-15-8/h7,10H,2-6,8H2,1H3,(H,15,17,19);2,4H,3H2,1H3,(H,10,11,13). The summed E-state index contributed by atoms with van der Waals surface area (Å²) in [7, 11) is 0. The first-order valence-electron chi connectivity index (χ1n) is 11.5. The van der Waals surface area contributed by atoms with E-state index < -0.39 is 0 Å². The van der Waals surface area contributed by atoms with Crippen LogP contribution in [0.4, 0.5) is 10.3 Å². The first-order chi connectivity index (χ1) is 17.4. The summed E-state index contributed by atoms with van der Waals surface area (Å²) in [5.74, 6) is 1.26. The third kappa shape index (κ3) is 7.75. The fourth-order valence-corrected chi connectivity index (χ4v) is 5.06. The number of carbonyl (C=O) groups is 2. The van der Waals surface area contributed by atoms with Gasteiger partial charge in [0.15, 0.2) is 0 Å². The van der Waals surface area contributed by atoms with Gasteiger partial charge in [0.05, 0.1) is 24.2 Å².